The lowest BCUT2D eigenvalue weighted by Gasteiger charge is -2.00. The molecule has 3 aromatic rings. The van der Waals surface area contributed by atoms with Crippen LogP contribution in [0.4, 0.5) is 0 Å². The molecule has 1 radical (unpaired) electrons. The van der Waals surface area contributed by atoms with E-state index in [1.54, 1.807) is 0 Å². The molecule has 77 valence electrons. The van der Waals surface area contributed by atoms with Crippen LogP contribution in [-0.2, 0) is 0 Å². The summed E-state index contributed by atoms with van der Waals surface area (Å²) in [6.45, 7) is 1.93. The normalized spacial score (nSPS) is 10.8. The van der Waals surface area contributed by atoms with E-state index in [-0.39, 0.29) is 0 Å². The lowest BCUT2D eigenvalue weighted by molar-refractivity contribution is 0.405. The van der Waals surface area contributed by atoms with Crippen LogP contribution in [0.3, 0.4) is 0 Å². The van der Waals surface area contributed by atoms with Gasteiger partial charge in [-0.2, -0.15) is 0 Å². The van der Waals surface area contributed by atoms with Gasteiger partial charge in [-0.25, -0.2) is 0 Å². The van der Waals surface area contributed by atoms with Crippen LogP contribution >= 0.6 is 0 Å². The van der Waals surface area contributed by atoms with E-state index in [4.69, 9.17) is 4.52 Å². The van der Waals surface area contributed by atoms with Crippen molar-refractivity contribution in [3.8, 4) is 11.1 Å². The average Bonchev–Trinajstić information content (AvgIpc) is 2.72. The molecule has 2 aromatic carbocycles. The van der Waals surface area contributed by atoms with E-state index < -0.39 is 0 Å². The third-order valence-electron chi connectivity index (χ3n) is 2.71. The van der Waals surface area contributed by atoms with Crippen LogP contribution < -0.4 is 0 Å². The Morgan fingerprint density at radius 2 is 1.88 bits per heavy atom. The van der Waals surface area contributed by atoms with Crippen molar-refractivity contribution in [3.63, 3.8) is 0 Å². The number of hydrogen-bond acceptors (Lipinski definition) is 2. The topological polar surface area (TPSA) is 26.0 Å². The van der Waals surface area contributed by atoms with Crippen molar-refractivity contribution in [3.05, 3.63) is 54.3 Å². The van der Waals surface area contributed by atoms with Crippen molar-refractivity contribution < 1.29 is 4.52 Å². The molecule has 0 aliphatic rings. The van der Waals surface area contributed by atoms with E-state index in [9.17, 15) is 0 Å². The number of fused-ring (bicyclic) bond motifs is 1. The first-order chi connectivity index (χ1) is 7.84. The van der Waals surface area contributed by atoms with Crippen LogP contribution in [0.5, 0.6) is 0 Å². The molecular weight excluding hydrogens is 198 g/mol. The monoisotopic (exact) mass is 208 g/mol. The third kappa shape index (κ3) is 1.39. The second-order valence-electron chi connectivity index (χ2n) is 3.76. The molecule has 0 unspecified atom stereocenters. The summed E-state index contributed by atoms with van der Waals surface area (Å²) >= 11 is 0. The van der Waals surface area contributed by atoms with Gasteiger partial charge in [-0.1, -0.05) is 35.5 Å². The Hall–Kier alpha value is -2.09. The Morgan fingerprint density at radius 1 is 1.06 bits per heavy atom. The van der Waals surface area contributed by atoms with Crippen molar-refractivity contribution in [2.45, 2.75) is 6.92 Å². The van der Waals surface area contributed by atoms with Gasteiger partial charge in [-0.3, -0.25) is 0 Å². The molecule has 0 aliphatic carbocycles. The summed E-state index contributed by atoms with van der Waals surface area (Å²) in [5, 5.41) is 5.05. The minimum absolute atomic E-state index is 0.861. The summed E-state index contributed by atoms with van der Waals surface area (Å²) in [7, 11) is 0. The molecule has 2 nitrogen and oxygen atoms in total. The van der Waals surface area contributed by atoms with Gasteiger partial charge in [0.05, 0.1) is 0 Å². The van der Waals surface area contributed by atoms with Crippen LogP contribution in [0.25, 0.3) is 22.0 Å². The van der Waals surface area contributed by atoms with Crippen LogP contribution in [-0.4, -0.2) is 5.16 Å². The summed E-state index contributed by atoms with van der Waals surface area (Å²) in [5.41, 5.74) is 3.26. The first kappa shape index (κ1) is 9.16. The van der Waals surface area contributed by atoms with Crippen molar-refractivity contribution in [2.75, 3.05) is 0 Å². The highest BCUT2D eigenvalue weighted by atomic mass is 16.5. The molecule has 0 fully saturated rings. The largest absolute Gasteiger partial charge is 0.360 e. The van der Waals surface area contributed by atoms with Gasteiger partial charge in [0.25, 0.3) is 0 Å². The summed E-state index contributed by atoms with van der Waals surface area (Å²) < 4.78 is 5.15. The molecule has 0 saturated heterocycles. The maximum Gasteiger partial charge on any atom is 0.141 e. The molecule has 3 rings (SSSR count). The minimum Gasteiger partial charge on any atom is -0.360 e. The molecule has 16 heavy (non-hydrogen) atoms. The van der Waals surface area contributed by atoms with E-state index in [2.05, 4.69) is 23.4 Å². The third-order valence-corrected chi connectivity index (χ3v) is 2.71. The fourth-order valence-corrected chi connectivity index (χ4v) is 1.82. The van der Waals surface area contributed by atoms with Gasteiger partial charge in [-0.15, -0.1) is 0 Å². The highest BCUT2D eigenvalue weighted by molar-refractivity contribution is 5.85. The van der Waals surface area contributed by atoms with Crippen molar-refractivity contribution >= 4 is 10.9 Å². The second-order valence-corrected chi connectivity index (χ2v) is 3.76. The van der Waals surface area contributed by atoms with Crippen molar-refractivity contribution in [1.29, 1.82) is 0 Å². The molecule has 1 heterocycles. The van der Waals surface area contributed by atoms with Gasteiger partial charge >= 0.3 is 0 Å². The maximum atomic E-state index is 5.15. The molecular formula is C14H10NO. The molecule has 2 heteroatoms. The van der Waals surface area contributed by atoms with E-state index in [1.807, 2.05) is 37.3 Å². The van der Waals surface area contributed by atoms with Crippen molar-refractivity contribution in [1.82, 2.24) is 5.16 Å². The van der Waals surface area contributed by atoms with Gasteiger partial charge in [-0.05, 0) is 36.2 Å². The van der Waals surface area contributed by atoms with Gasteiger partial charge in [0.15, 0.2) is 0 Å². The standard InChI is InChI=1S/C14H10NO/c1-10-13-9-12(7-8-14(13)15-16-10)11-5-3-2-4-6-11/h3-9H,1H3. The smallest absolute Gasteiger partial charge is 0.141 e. The van der Waals surface area contributed by atoms with Crippen LogP contribution in [0.1, 0.15) is 5.76 Å². The Kier molecular flexibility index (Phi) is 2.00. The number of hydrogen-bond donors (Lipinski definition) is 0. The van der Waals surface area contributed by atoms with Gasteiger partial charge in [0.1, 0.15) is 11.3 Å². The van der Waals surface area contributed by atoms with Gasteiger partial charge < -0.3 is 4.52 Å². The highest BCUT2D eigenvalue weighted by Crippen LogP contribution is 2.25. The number of benzene rings is 2. The predicted octanol–water partition coefficient (Wildman–Crippen LogP) is 3.60. The molecule has 1 aromatic heterocycles. The molecule has 0 N–H and O–H groups in total. The summed E-state index contributed by atoms with van der Waals surface area (Å²) in [6.07, 6.45) is 0. The van der Waals surface area contributed by atoms with Crippen molar-refractivity contribution in [2.24, 2.45) is 0 Å². The summed E-state index contributed by atoms with van der Waals surface area (Å²) in [4.78, 5) is 0. The Morgan fingerprint density at radius 3 is 2.69 bits per heavy atom. The van der Waals surface area contributed by atoms with Crippen LogP contribution in [0.2, 0.25) is 0 Å². The Bertz CT molecular complexity index is 626. The molecule has 0 aliphatic heterocycles. The van der Waals surface area contributed by atoms with Crippen LogP contribution in [0.15, 0.2) is 47.0 Å². The highest BCUT2D eigenvalue weighted by Gasteiger charge is 2.05. The zero-order valence-electron chi connectivity index (χ0n) is 8.90. The van der Waals surface area contributed by atoms with E-state index in [1.165, 1.54) is 11.1 Å². The lowest BCUT2D eigenvalue weighted by atomic mass is 10.0. The molecule has 0 saturated carbocycles. The molecule has 0 atom stereocenters. The zero-order chi connectivity index (χ0) is 11.0. The fraction of sp³-hybridized carbons (Fsp3) is 0.0714. The summed E-state index contributed by atoms with van der Waals surface area (Å²) in [6, 6.07) is 17.1. The Balaban J connectivity index is 2.22. The molecule has 0 amide bonds. The number of rotatable bonds is 1. The quantitative estimate of drug-likeness (QED) is 0.610. The number of aryl methyl sites for hydroxylation is 1. The van der Waals surface area contributed by atoms with Gasteiger partial charge in [0.2, 0.25) is 0 Å². The van der Waals surface area contributed by atoms with Gasteiger partial charge in [0, 0.05) is 5.39 Å². The lowest BCUT2D eigenvalue weighted by Crippen LogP contribution is -1.77. The first-order valence-electron chi connectivity index (χ1n) is 5.17. The maximum absolute atomic E-state index is 5.15. The Labute approximate surface area is 93.5 Å². The minimum atomic E-state index is 0.861. The number of aromatic nitrogens is 1. The predicted molar refractivity (Wildman–Crippen MR) is 63.0 cm³/mol. The molecule has 0 spiro atoms. The zero-order valence-corrected chi connectivity index (χ0v) is 8.90. The SMILES string of the molecule is Cc1onc2ccc(-c3cc[c]cc3)cc12. The van der Waals surface area contributed by atoms with E-state index >= 15 is 0 Å². The summed E-state index contributed by atoms with van der Waals surface area (Å²) in [5.74, 6) is 0.861. The first-order valence-corrected chi connectivity index (χ1v) is 5.17. The molecule has 0 bridgehead atoms. The van der Waals surface area contributed by atoms with E-state index in [0.29, 0.717) is 0 Å². The second kappa shape index (κ2) is 3.49. The fourth-order valence-electron chi connectivity index (χ4n) is 1.82. The average molecular weight is 208 g/mol. The van der Waals surface area contributed by atoms with E-state index in [0.717, 1.165) is 16.7 Å². The van der Waals surface area contributed by atoms with Crippen LogP contribution in [0, 0.1) is 13.0 Å². The number of nitrogens with zero attached hydrogens (tertiary/aromatic N) is 1.